The first-order valence-electron chi connectivity index (χ1n) is 10.6. The van der Waals surface area contributed by atoms with Crippen molar-refractivity contribution in [2.45, 2.75) is 26.2 Å². The van der Waals surface area contributed by atoms with E-state index in [0.717, 1.165) is 53.0 Å². The van der Waals surface area contributed by atoms with Crippen molar-refractivity contribution < 1.29 is 14.3 Å². The molecule has 1 aliphatic heterocycles. The molecule has 6 nitrogen and oxygen atoms in total. The van der Waals surface area contributed by atoms with Crippen LogP contribution in [0.25, 0.3) is 0 Å². The van der Waals surface area contributed by atoms with E-state index in [0.29, 0.717) is 26.1 Å². The van der Waals surface area contributed by atoms with E-state index in [4.69, 9.17) is 4.74 Å². The minimum atomic E-state index is -0.0381. The van der Waals surface area contributed by atoms with Gasteiger partial charge in [0.25, 0.3) is 0 Å². The van der Waals surface area contributed by atoms with Gasteiger partial charge < -0.3 is 15.0 Å². The standard InChI is InChI=1S/C24H30BrN3O3/c1-18-4-10-22(21(25)16-18)26-23(29)17-27-12-3-13-28(15-14-27)24(30)11-7-19-5-8-20(31-2)9-6-19/h4-6,8-10,16H,3,7,11-15,17H2,1-2H3,(H,26,29). The summed E-state index contributed by atoms with van der Waals surface area (Å²) < 4.78 is 6.05. The third-order valence-corrected chi connectivity index (χ3v) is 6.15. The predicted octanol–water partition coefficient (Wildman–Crippen LogP) is 3.87. The molecule has 0 bridgehead atoms. The Morgan fingerprint density at radius 2 is 1.84 bits per heavy atom. The zero-order valence-corrected chi connectivity index (χ0v) is 19.8. The van der Waals surface area contributed by atoms with E-state index >= 15 is 0 Å². The SMILES string of the molecule is COc1ccc(CCC(=O)N2CCCN(CC(=O)Nc3ccc(C)cc3Br)CC2)cc1. The van der Waals surface area contributed by atoms with Crippen LogP contribution in [0.5, 0.6) is 5.75 Å². The number of aryl methyl sites for hydroxylation is 2. The molecule has 2 amide bonds. The van der Waals surface area contributed by atoms with E-state index in [1.165, 1.54) is 0 Å². The summed E-state index contributed by atoms with van der Waals surface area (Å²) in [4.78, 5) is 29.2. The van der Waals surface area contributed by atoms with Gasteiger partial charge >= 0.3 is 0 Å². The van der Waals surface area contributed by atoms with E-state index in [2.05, 4.69) is 26.1 Å². The first-order chi connectivity index (χ1) is 14.9. The molecule has 166 valence electrons. The maximum Gasteiger partial charge on any atom is 0.238 e. The van der Waals surface area contributed by atoms with E-state index < -0.39 is 0 Å². The number of nitrogens with zero attached hydrogens (tertiary/aromatic N) is 2. The molecule has 2 aromatic rings. The predicted molar refractivity (Wildman–Crippen MR) is 126 cm³/mol. The van der Waals surface area contributed by atoms with Crippen molar-refractivity contribution >= 4 is 33.4 Å². The number of rotatable bonds is 7. The summed E-state index contributed by atoms with van der Waals surface area (Å²) in [6, 6.07) is 13.7. The minimum absolute atomic E-state index is 0.0381. The van der Waals surface area contributed by atoms with Gasteiger partial charge in [-0.05, 0) is 71.1 Å². The lowest BCUT2D eigenvalue weighted by molar-refractivity contribution is -0.131. The summed E-state index contributed by atoms with van der Waals surface area (Å²) in [5, 5.41) is 2.97. The fraction of sp³-hybridized carbons (Fsp3) is 0.417. The lowest BCUT2D eigenvalue weighted by Gasteiger charge is -2.22. The van der Waals surface area contributed by atoms with E-state index in [1.807, 2.05) is 54.3 Å². The second-order valence-electron chi connectivity index (χ2n) is 7.89. The number of benzene rings is 2. The van der Waals surface area contributed by atoms with E-state index in [-0.39, 0.29) is 11.8 Å². The minimum Gasteiger partial charge on any atom is -0.497 e. The van der Waals surface area contributed by atoms with Gasteiger partial charge in [-0.1, -0.05) is 18.2 Å². The molecule has 1 N–H and O–H groups in total. The van der Waals surface area contributed by atoms with Crippen LogP contribution in [0.15, 0.2) is 46.9 Å². The van der Waals surface area contributed by atoms with Gasteiger partial charge in [0.15, 0.2) is 0 Å². The highest BCUT2D eigenvalue weighted by molar-refractivity contribution is 9.10. The van der Waals surface area contributed by atoms with Crippen molar-refractivity contribution in [2.24, 2.45) is 0 Å². The molecule has 0 radical (unpaired) electrons. The Kier molecular flexibility index (Phi) is 8.49. The zero-order chi connectivity index (χ0) is 22.2. The van der Waals surface area contributed by atoms with Crippen LogP contribution < -0.4 is 10.1 Å². The van der Waals surface area contributed by atoms with Crippen LogP contribution in [0.3, 0.4) is 0 Å². The highest BCUT2D eigenvalue weighted by Gasteiger charge is 2.20. The Labute approximate surface area is 192 Å². The summed E-state index contributed by atoms with van der Waals surface area (Å²) in [5.41, 5.74) is 3.04. The maximum atomic E-state index is 12.7. The number of carbonyl (C=O) groups is 2. The van der Waals surface area contributed by atoms with Crippen molar-refractivity contribution in [1.82, 2.24) is 9.80 Å². The molecule has 31 heavy (non-hydrogen) atoms. The molecule has 0 saturated carbocycles. The van der Waals surface area contributed by atoms with Crippen LogP contribution >= 0.6 is 15.9 Å². The number of methoxy groups -OCH3 is 1. The number of nitrogens with one attached hydrogen (secondary N) is 1. The van der Waals surface area contributed by atoms with Crippen molar-refractivity contribution in [1.29, 1.82) is 0 Å². The Morgan fingerprint density at radius 1 is 1.06 bits per heavy atom. The summed E-state index contributed by atoms with van der Waals surface area (Å²) in [6.45, 7) is 5.25. The molecular weight excluding hydrogens is 458 g/mol. The Hall–Kier alpha value is -2.38. The van der Waals surface area contributed by atoms with Gasteiger partial charge in [0.1, 0.15) is 5.75 Å². The fourth-order valence-corrected chi connectivity index (χ4v) is 4.29. The quantitative estimate of drug-likeness (QED) is 0.643. The van der Waals surface area contributed by atoms with Crippen molar-refractivity contribution in [3.63, 3.8) is 0 Å². The molecular formula is C24H30BrN3O3. The summed E-state index contributed by atoms with van der Waals surface area (Å²) in [5.74, 6) is 0.955. The fourth-order valence-electron chi connectivity index (χ4n) is 3.69. The van der Waals surface area contributed by atoms with Crippen LogP contribution in [0, 0.1) is 6.92 Å². The highest BCUT2D eigenvalue weighted by atomic mass is 79.9. The molecule has 1 saturated heterocycles. The number of anilines is 1. The monoisotopic (exact) mass is 487 g/mol. The molecule has 1 aliphatic rings. The molecule has 0 spiro atoms. The second-order valence-corrected chi connectivity index (χ2v) is 8.74. The van der Waals surface area contributed by atoms with Crippen LogP contribution in [0.4, 0.5) is 5.69 Å². The maximum absolute atomic E-state index is 12.7. The number of amides is 2. The lowest BCUT2D eigenvalue weighted by atomic mass is 10.1. The molecule has 1 heterocycles. The average Bonchev–Trinajstić information content (AvgIpc) is 3.00. The lowest BCUT2D eigenvalue weighted by Crippen LogP contribution is -2.38. The number of hydrogen-bond acceptors (Lipinski definition) is 4. The van der Waals surface area contributed by atoms with Gasteiger partial charge in [-0.15, -0.1) is 0 Å². The molecule has 1 fully saturated rings. The number of carbonyl (C=O) groups excluding carboxylic acids is 2. The largest absolute Gasteiger partial charge is 0.497 e. The van der Waals surface area contributed by atoms with Gasteiger partial charge in [0.2, 0.25) is 11.8 Å². The normalized spacial score (nSPS) is 14.7. The molecule has 2 aromatic carbocycles. The Bertz CT molecular complexity index is 901. The Morgan fingerprint density at radius 3 is 2.55 bits per heavy atom. The summed E-state index contributed by atoms with van der Waals surface area (Å²) in [6.07, 6.45) is 2.08. The number of hydrogen-bond donors (Lipinski definition) is 1. The molecule has 0 aromatic heterocycles. The summed E-state index contributed by atoms with van der Waals surface area (Å²) in [7, 11) is 1.65. The smallest absolute Gasteiger partial charge is 0.238 e. The van der Waals surface area contributed by atoms with Crippen molar-refractivity contribution in [3.8, 4) is 5.75 Å². The zero-order valence-electron chi connectivity index (χ0n) is 18.2. The van der Waals surface area contributed by atoms with Gasteiger partial charge in [-0.3, -0.25) is 14.5 Å². The molecule has 0 atom stereocenters. The highest BCUT2D eigenvalue weighted by Crippen LogP contribution is 2.23. The molecule has 3 rings (SSSR count). The van der Waals surface area contributed by atoms with Gasteiger partial charge in [0.05, 0.1) is 19.3 Å². The Balaban J connectivity index is 1.44. The average molecular weight is 488 g/mol. The number of halogens is 1. The first-order valence-corrected chi connectivity index (χ1v) is 11.4. The molecule has 0 unspecified atom stereocenters. The molecule has 0 aliphatic carbocycles. The molecule has 7 heteroatoms. The van der Waals surface area contributed by atoms with E-state index in [1.54, 1.807) is 7.11 Å². The van der Waals surface area contributed by atoms with Gasteiger partial charge in [0, 0.05) is 37.1 Å². The van der Waals surface area contributed by atoms with Gasteiger partial charge in [-0.25, -0.2) is 0 Å². The van der Waals surface area contributed by atoms with Crippen LogP contribution in [-0.2, 0) is 16.0 Å². The van der Waals surface area contributed by atoms with Crippen molar-refractivity contribution in [2.75, 3.05) is 45.2 Å². The van der Waals surface area contributed by atoms with Crippen LogP contribution in [0.1, 0.15) is 24.0 Å². The summed E-state index contributed by atoms with van der Waals surface area (Å²) >= 11 is 3.50. The topological polar surface area (TPSA) is 61.9 Å². The van der Waals surface area contributed by atoms with Gasteiger partial charge in [-0.2, -0.15) is 0 Å². The first kappa shape index (κ1) is 23.3. The van der Waals surface area contributed by atoms with E-state index in [9.17, 15) is 9.59 Å². The van der Waals surface area contributed by atoms with Crippen molar-refractivity contribution in [3.05, 3.63) is 58.1 Å². The van der Waals surface area contributed by atoms with Crippen LogP contribution in [-0.4, -0.2) is 61.4 Å². The van der Waals surface area contributed by atoms with Crippen LogP contribution in [0.2, 0.25) is 0 Å². The number of ether oxygens (including phenoxy) is 1. The third kappa shape index (κ3) is 7.08. The third-order valence-electron chi connectivity index (χ3n) is 5.49. The second kappa shape index (κ2) is 11.3.